The number of para-hydroxylation sites is 1. The monoisotopic (exact) mass is 444 g/mol. The summed E-state index contributed by atoms with van der Waals surface area (Å²) in [6.07, 6.45) is 0. The van der Waals surface area contributed by atoms with Crippen molar-refractivity contribution in [2.45, 2.75) is 4.90 Å². The Labute approximate surface area is 177 Å². The Kier molecular flexibility index (Phi) is 5.05. The summed E-state index contributed by atoms with van der Waals surface area (Å²) in [5.74, 6) is -0.969. The number of sulfonamides is 1. The normalized spacial score (nSPS) is 15.1. The number of ketones is 1. The molecule has 1 aliphatic rings. The molecule has 0 spiro atoms. The lowest BCUT2D eigenvalue weighted by Gasteiger charge is -2.35. The zero-order chi connectivity index (χ0) is 21.5. The summed E-state index contributed by atoms with van der Waals surface area (Å²) in [6.45, 7) is -0.384. The highest BCUT2D eigenvalue weighted by atomic mass is 35.5. The molecule has 0 saturated carbocycles. The molecule has 0 N–H and O–H groups in total. The van der Waals surface area contributed by atoms with Gasteiger partial charge in [-0.1, -0.05) is 23.7 Å². The lowest BCUT2D eigenvalue weighted by Crippen LogP contribution is -2.52. The first kappa shape index (κ1) is 20.1. The summed E-state index contributed by atoms with van der Waals surface area (Å²) in [4.78, 5) is 27.0. The van der Waals surface area contributed by atoms with Gasteiger partial charge in [0.15, 0.2) is 5.78 Å². The Hall–Kier alpha value is -3.23. The van der Waals surface area contributed by atoms with Gasteiger partial charge in [-0.25, -0.2) is 17.6 Å². The third-order valence-electron chi connectivity index (χ3n) is 4.61. The number of anilines is 2. The van der Waals surface area contributed by atoms with Gasteiger partial charge >= 0.3 is 6.03 Å². The van der Waals surface area contributed by atoms with E-state index in [0.29, 0.717) is 14.9 Å². The summed E-state index contributed by atoms with van der Waals surface area (Å²) in [5, 5.41) is 0.458. The number of Topliss-reactive ketones (excluding diaryl/α,β-unsaturated/α-hetero) is 1. The van der Waals surface area contributed by atoms with E-state index >= 15 is 0 Å². The maximum Gasteiger partial charge on any atom is 0.343 e. The summed E-state index contributed by atoms with van der Waals surface area (Å²) >= 11 is 5.85. The number of rotatable bonds is 4. The second kappa shape index (κ2) is 7.55. The summed E-state index contributed by atoms with van der Waals surface area (Å²) < 4.78 is 40.2. The number of hydrogen-bond acceptors (Lipinski definition) is 4. The lowest BCUT2D eigenvalue weighted by molar-refractivity contribution is 0.0999. The fraction of sp³-hybridized carbons (Fsp3) is 0.0476. The van der Waals surface area contributed by atoms with E-state index in [9.17, 15) is 22.4 Å². The van der Waals surface area contributed by atoms with Crippen LogP contribution in [0.25, 0.3) is 0 Å². The van der Waals surface area contributed by atoms with Crippen LogP contribution in [0.5, 0.6) is 0 Å². The molecule has 30 heavy (non-hydrogen) atoms. The largest absolute Gasteiger partial charge is 0.343 e. The third-order valence-corrected chi connectivity index (χ3v) is 6.61. The first-order valence-electron chi connectivity index (χ1n) is 8.79. The lowest BCUT2D eigenvalue weighted by atomic mass is 10.1. The molecule has 1 aliphatic heterocycles. The number of carbonyl (C=O) groups is 2. The van der Waals surface area contributed by atoms with Crippen molar-refractivity contribution in [1.29, 1.82) is 0 Å². The fourth-order valence-electron chi connectivity index (χ4n) is 3.16. The standard InChI is InChI=1S/C21H14ClFN2O4S/c22-15-7-5-14(6-8-15)19(26)13-24-18-3-1-2-4-20(18)30(28,29)25(21(24)27)17-11-9-16(23)10-12-17/h1-12H,13H2. The van der Waals surface area contributed by atoms with Crippen LogP contribution >= 0.6 is 11.6 Å². The third kappa shape index (κ3) is 3.44. The number of nitrogens with zero attached hydrogens (tertiary/aromatic N) is 2. The van der Waals surface area contributed by atoms with Gasteiger partial charge in [-0.2, -0.15) is 4.31 Å². The highest BCUT2D eigenvalue weighted by Crippen LogP contribution is 2.37. The Morgan fingerprint density at radius 3 is 2.23 bits per heavy atom. The molecule has 2 amide bonds. The summed E-state index contributed by atoms with van der Waals surface area (Å²) in [5.41, 5.74) is 0.398. The minimum Gasteiger partial charge on any atom is -0.292 e. The predicted molar refractivity (Wildman–Crippen MR) is 111 cm³/mol. The minimum absolute atomic E-state index is 0.0279. The molecule has 1 heterocycles. The van der Waals surface area contributed by atoms with Gasteiger partial charge in [0.2, 0.25) is 0 Å². The van der Waals surface area contributed by atoms with Gasteiger partial charge in [0.25, 0.3) is 10.0 Å². The molecule has 0 atom stereocenters. The molecular weight excluding hydrogens is 431 g/mol. The van der Waals surface area contributed by atoms with E-state index in [0.717, 1.165) is 17.0 Å². The van der Waals surface area contributed by atoms with Crippen molar-refractivity contribution in [3.05, 3.63) is 89.2 Å². The van der Waals surface area contributed by atoms with E-state index in [4.69, 9.17) is 11.6 Å². The van der Waals surface area contributed by atoms with Crippen molar-refractivity contribution in [2.24, 2.45) is 0 Å². The van der Waals surface area contributed by atoms with Crippen LogP contribution in [0.4, 0.5) is 20.6 Å². The molecule has 0 bridgehead atoms. The Morgan fingerprint density at radius 1 is 0.933 bits per heavy atom. The van der Waals surface area contributed by atoms with Crippen molar-refractivity contribution in [3.8, 4) is 0 Å². The van der Waals surface area contributed by atoms with E-state index in [1.807, 2.05) is 0 Å². The predicted octanol–water partition coefficient (Wildman–Crippen LogP) is 4.50. The average Bonchev–Trinajstić information content (AvgIpc) is 2.73. The molecule has 4 rings (SSSR count). The number of amides is 2. The maximum absolute atomic E-state index is 13.3. The molecule has 3 aromatic rings. The fourth-order valence-corrected chi connectivity index (χ4v) is 4.88. The average molecular weight is 445 g/mol. The molecular formula is C21H14ClFN2O4S. The van der Waals surface area contributed by atoms with Crippen molar-refractivity contribution >= 4 is 44.8 Å². The number of urea groups is 1. The smallest absolute Gasteiger partial charge is 0.292 e. The topological polar surface area (TPSA) is 74.8 Å². The summed E-state index contributed by atoms with van der Waals surface area (Å²) in [7, 11) is -4.25. The molecule has 152 valence electrons. The zero-order valence-electron chi connectivity index (χ0n) is 15.3. The van der Waals surface area contributed by atoms with Gasteiger partial charge in [0, 0.05) is 10.6 Å². The number of hydrogen-bond donors (Lipinski definition) is 0. The van der Waals surface area contributed by atoms with E-state index in [-0.39, 0.29) is 22.8 Å². The van der Waals surface area contributed by atoms with Crippen LogP contribution in [0.3, 0.4) is 0 Å². The van der Waals surface area contributed by atoms with E-state index in [1.165, 1.54) is 42.5 Å². The number of halogens is 2. The molecule has 9 heteroatoms. The number of carbonyl (C=O) groups excluding carboxylic acids is 2. The molecule has 0 fully saturated rings. The first-order valence-corrected chi connectivity index (χ1v) is 10.6. The van der Waals surface area contributed by atoms with Crippen LogP contribution in [0.2, 0.25) is 5.02 Å². The van der Waals surface area contributed by atoms with E-state index in [2.05, 4.69) is 0 Å². The van der Waals surface area contributed by atoms with Crippen LogP contribution in [-0.4, -0.2) is 26.8 Å². The van der Waals surface area contributed by atoms with Gasteiger partial charge in [-0.15, -0.1) is 0 Å². The first-order chi connectivity index (χ1) is 14.3. The molecule has 0 radical (unpaired) electrons. The quantitative estimate of drug-likeness (QED) is 0.555. The highest BCUT2D eigenvalue weighted by molar-refractivity contribution is 7.94. The van der Waals surface area contributed by atoms with Crippen LogP contribution in [-0.2, 0) is 10.0 Å². The van der Waals surface area contributed by atoms with Gasteiger partial charge in [-0.05, 0) is 60.7 Å². The van der Waals surface area contributed by atoms with Crippen LogP contribution in [0.15, 0.2) is 77.7 Å². The number of benzene rings is 3. The molecule has 0 aromatic heterocycles. The van der Waals surface area contributed by atoms with Crippen LogP contribution < -0.4 is 9.21 Å². The van der Waals surface area contributed by atoms with Gasteiger partial charge < -0.3 is 0 Å². The summed E-state index contributed by atoms with van der Waals surface area (Å²) in [6, 6.07) is 15.6. The van der Waals surface area contributed by atoms with Gasteiger partial charge in [0.1, 0.15) is 10.7 Å². The zero-order valence-corrected chi connectivity index (χ0v) is 16.9. The van der Waals surface area contributed by atoms with Crippen molar-refractivity contribution in [1.82, 2.24) is 0 Å². The highest BCUT2D eigenvalue weighted by Gasteiger charge is 2.43. The van der Waals surface area contributed by atoms with Gasteiger partial charge in [0.05, 0.1) is 17.9 Å². The number of fused-ring (bicyclic) bond motifs is 1. The molecule has 0 aliphatic carbocycles. The van der Waals surface area contributed by atoms with E-state index in [1.54, 1.807) is 18.2 Å². The van der Waals surface area contributed by atoms with Crippen molar-refractivity contribution in [3.63, 3.8) is 0 Å². The molecule has 6 nitrogen and oxygen atoms in total. The van der Waals surface area contributed by atoms with Crippen LogP contribution in [0.1, 0.15) is 10.4 Å². The Balaban J connectivity index is 1.79. The molecule has 3 aromatic carbocycles. The van der Waals surface area contributed by atoms with Crippen molar-refractivity contribution in [2.75, 3.05) is 15.7 Å². The minimum atomic E-state index is -4.25. The molecule has 0 saturated heterocycles. The Morgan fingerprint density at radius 2 is 1.57 bits per heavy atom. The Bertz CT molecular complexity index is 1240. The maximum atomic E-state index is 13.3. The molecule has 0 unspecified atom stereocenters. The second-order valence-electron chi connectivity index (χ2n) is 6.51. The van der Waals surface area contributed by atoms with Gasteiger partial charge in [-0.3, -0.25) is 9.69 Å². The second-order valence-corrected chi connectivity index (χ2v) is 8.70. The SMILES string of the molecule is O=C(CN1C(=O)N(c2ccc(F)cc2)S(=O)(=O)c2ccccc21)c1ccc(Cl)cc1. The van der Waals surface area contributed by atoms with E-state index < -0.39 is 27.7 Å². The van der Waals surface area contributed by atoms with Crippen molar-refractivity contribution < 1.29 is 22.4 Å². The van der Waals surface area contributed by atoms with Crippen LogP contribution in [0, 0.1) is 5.82 Å².